The first-order chi connectivity index (χ1) is 6.58. The second kappa shape index (κ2) is 4.74. The zero-order valence-corrected chi connectivity index (χ0v) is 8.78. The van der Waals surface area contributed by atoms with Crippen LogP contribution in [0.1, 0.15) is 26.3 Å². The van der Waals surface area contributed by atoms with Gasteiger partial charge in [-0.05, 0) is 32.4 Å². The Kier molecular flexibility index (Phi) is 3.63. The molecule has 0 aliphatic carbocycles. The van der Waals surface area contributed by atoms with Crippen LogP contribution in [0.3, 0.4) is 0 Å². The molecule has 0 N–H and O–H groups in total. The summed E-state index contributed by atoms with van der Waals surface area (Å²) in [6, 6.07) is 1.86. The summed E-state index contributed by atoms with van der Waals surface area (Å²) >= 11 is 0. The second-order valence-corrected chi connectivity index (χ2v) is 3.57. The molecular weight excluding hydrogens is 178 g/mol. The van der Waals surface area contributed by atoms with Crippen LogP contribution in [0.15, 0.2) is 18.5 Å². The fourth-order valence-electron chi connectivity index (χ4n) is 1.18. The van der Waals surface area contributed by atoms with E-state index < -0.39 is 0 Å². The molecule has 0 saturated carbocycles. The lowest BCUT2D eigenvalue weighted by atomic mass is 10.1. The highest BCUT2D eigenvalue weighted by atomic mass is 16.5. The van der Waals surface area contributed by atoms with Gasteiger partial charge < -0.3 is 4.74 Å². The van der Waals surface area contributed by atoms with Crippen LogP contribution in [0, 0.1) is 0 Å². The van der Waals surface area contributed by atoms with Crippen LogP contribution in [-0.2, 0) is 11.2 Å². The molecule has 3 heteroatoms. The van der Waals surface area contributed by atoms with Crippen molar-refractivity contribution in [1.29, 1.82) is 0 Å². The molecule has 1 rings (SSSR count). The van der Waals surface area contributed by atoms with Crippen LogP contribution < -0.4 is 4.74 Å². The lowest BCUT2D eigenvalue weighted by Gasteiger charge is -2.09. The van der Waals surface area contributed by atoms with Crippen LogP contribution in [0.25, 0.3) is 0 Å². The third-order valence-electron chi connectivity index (χ3n) is 1.59. The van der Waals surface area contributed by atoms with E-state index in [0.717, 1.165) is 11.3 Å². The highest BCUT2D eigenvalue weighted by Crippen LogP contribution is 2.13. The van der Waals surface area contributed by atoms with Gasteiger partial charge in [0.25, 0.3) is 0 Å². The van der Waals surface area contributed by atoms with Crippen molar-refractivity contribution in [2.45, 2.75) is 33.3 Å². The zero-order valence-electron chi connectivity index (χ0n) is 8.78. The molecule has 0 saturated heterocycles. The van der Waals surface area contributed by atoms with E-state index in [4.69, 9.17) is 4.74 Å². The number of ketones is 1. The molecule has 1 aromatic heterocycles. The predicted molar refractivity (Wildman–Crippen MR) is 54.4 cm³/mol. The summed E-state index contributed by atoms with van der Waals surface area (Å²) in [5.41, 5.74) is 0.899. The van der Waals surface area contributed by atoms with Gasteiger partial charge >= 0.3 is 0 Å². The second-order valence-electron chi connectivity index (χ2n) is 3.57. The molecule has 0 amide bonds. The van der Waals surface area contributed by atoms with E-state index in [2.05, 4.69) is 4.98 Å². The SMILES string of the molecule is CC(=O)Cc1cncc(OC(C)C)c1. The minimum Gasteiger partial charge on any atom is -0.489 e. The first-order valence-corrected chi connectivity index (χ1v) is 4.68. The smallest absolute Gasteiger partial charge is 0.138 e. The number of carbonyl (C=O) groups is 1. The Morgan fingerprint density at radius 3 is 2.79 bits per heavy atom. The van der Waals surface area contributed by atoms with Crippen molar-refractivity contribution < 1.29 is 9.53 Å². The highest BCUT2D eigenvalue weighted by molar-refractivity contribution is 5.78. The summed E-state index contributed by atoms with van der Waals surface area (Å²) in [6.07, 6.45) is 3.89. The summed E-state index contributed by atoms with van der Waals surface area (Å²) in [5, 5.41) is 0. The lowest BCUT2D eigenvalue weighted by molar-refractivity contribution is -0.116. The molecule has 0 aliphatic rings. The maximum atomic E-state index is 10.9. The lowest BCUT2D eigenvalue weighted by Crippen LogP contribution is -2.06. The Bertz CT molecular complexity index is 321. The van der Waals surface area contributed by atoms with Crippen LogP contribution in [-0.4, -0.2) is 16.9 Å². The van der Waals surface area contributed by atoms with Gasteiger partial charge in [-0.25, -0.2) is 0 Å². The van der Waals surface area contributed by atoms with Crippen molar-refractivity contribution in [3.63, 3.8) is 0 Å². The molecular formula is C11H15NO2. The number of hydrogen-bond donors (Lipinski definition) is 0. The van der Waals surface area contributed by atoms with Gasteiger partial charge in [-0.15, -0.1) is 0 Å². The number of aromatic nitrogens is 1. The Hall–Kier alpha value is -1.38. The van der Waals surface area contributed by atoms with Crippen LogP contribution in [0.2, 0.25) is 0 Å². The van der Waals surface area contributed by atoms with E-state index in [-0.39, 0.29) is 11.9 Å². The van der Waals surface area contributed by atoms with Crippen LogP contribution in [0.5, 0.6) is 5.75 Å². The van der Waals surface area contributed by atoms with E-state index in [1.54, 1.807) is 19.3 Å². The third kappa shape index (κ3) is 3.56. The minimum absolute atomic E-state index is 0.129. The van der Waals surface area contributed by atoms with Gasteiger partial charge in [0.1, 0.15) is 11.5 Å². The van der Waals surface area contributed by atoms with Gasteiger partial charge in [0.15, 0.2) is 0 Å². The maximum absolute atomic E-state index is 10.9. The number of hydrogen-bond acceptors (Lipinski definition) is 3. The number of rotatable bonds is 4. The first-order valence-electron chi connectivity index (χ1n) is 4.68. The fourth-order valence-corrected chi connectivity index (χ4v) is 1.18. The average molecular weight is 193 g/mol. The van der Waals surface area contributed by atoms with Crippen molar-refractivity contribution in [3.8, 4) is 5.75 Å². The van der Waals surface area contributed by atoms with E-state index in [1.165, 1.54) is 0 Å². The Labute approximate surface area is 84.1 Å². The van der Waals surface area contributed by atoms with Gasteiger partial charge in [0, 0.05) is 12.6 Å². The van der Waals surface area contributed by atoms with Gasteiger partial charge in [-0.3, -0.25) is 9.78 Å². The number of ether oxygens (including phenoxy) is 1. The summed E-state index contributed by atoms with van der Waals surface area (Å²) < 4.78 is 5.46. The molecule has 0 fully saturated rings. The molecule has 0 atom stereocenters. The molecule has 14 heavy (non-hydrogen) atoms. The van der Waals surface area contributed by atoms with E-state index in [9.17, 15) is 4.79 Å². The van der Waals surface area contributed by atoms with Crippen molar-refractivity contribution in [2.24, 2.45) is 0 Å². The monoisotopic (exact) mass is 193 g/mol. The van der Waals surface area contributed by atoms with Crippen molar-refractivity contribution in [2.75, 3.05) is 0 Å². The third-order valence-corrected chi connectivity index (χ3v) is 1.59. The van der Waals surface area contributed by atoms with Gasteiger partial charge in [-0.1, -0.05) is 0 Å². The summed E-state index contributed by atoms with van der Waals surface area (Å²) in [7, 11) is 0. The van der Waals surface area contributed by atoms with Gasteiger partial charge in [0.05, 0.1) is 12.3 Å². The number of nitrogens with zero attached hydrogens (tertiary/aromatic N) is 1. The fraction of sp³-hybridized carbons (Fsp3) is 0.455. The van der Waals surface area contributed by atoms with E-state index >= 15 is 0 Å². The topological polar surface area (TPSA) is 39.2 Å². The molecule has 0 unspecified atom stereocenters. The Morgan fingerprint density at radius 2 is 2.21 bits per heavy atom. The average Bonchev–Trinajstić information content (AvgIpc) is 2.01. The van der Waals surface area contributed by atoms with Gasteiger partial charge in [-0.2, -0.15) is 0 Å². The molecule has 3 nitrogen and oxygen atoms in total. The Morgan fingerprint density at radius 1 is 1.50 bits per heavy atom. The summed E-state index contributed by atoms with van der Waals surface area (Å²) in [4.78, 5) is 14.9. The normalized spacial score (nSPS) is 10.3. The Balaban J connectivity index is 2.73. The molecule has 76 valence electrons. The molecule has 0 bridgehead atoms. The quantitative estimate of drug-likeness (QED) is 0.734. The maximum Gasteiger partial charge on any atom is 0.138 e. The molecule has 0 radical (unpaired) electrons. The number of carbonyl (C=O) groups excluding carboxylic acids is 1. The summed E-state index contributed by atoms with van der Waals surface area (Å²) in [5.74, 6) is 0.854. The van der Waals surface area contributed by atoms with Crippen LogP contribution >= 0.6 is 0 Å². The molecule has 0 aromatic carbocycles. The van der Waals surface area contributed by atoms with Crippen molar-refractivity contribution in [3.05, 3.63) is 24.0 Å². The molecule has 0 aliphatic heterocycles. The van der Waals surface area contributed by atoms with E-state index in [0.29, 0.717) is 6.42 Å². The number of pyridine rings is 1. The minimum atomic E-state index is 0.129. The number of Topliss-reactive ketones (excluding diaryl/α,β-unsaturated/α-hetero) is 1. The molecule has 1 aromatic rings. The highest BCUT2D eigenvalue weighted by Gasteiger charge is 2.02. The van der Waals surface area contributed by atoms with Crippen molar-refractivity contribution >= 4 is 5.78 Å². The van der Waals surface area contributed by atoms with Crippen molar-refractivity contribution in [1.82, 2.24) is 4.98 Å². The zero-order chi connectivity index (χ0) is 10.6. The molecule has 1 heterocycles. The largest absolute Gasteiger partial charge is 0.489 e. The molecule has 0 spiro atoms. The standard InChI is InChI=1S/C11H15NO2/c1-8(2)14-11-5-10(4-9(3)13)6-12-7-11/h5-8H,4H2,1-3H3. The predicted octanol–water partition coefficient (Wildman–Crippen LogP) is 2.00. The first kappa shape index (κ1) is 10.7. The summed E-state index contributed by atoms with van der Waals surface area (Å²) in [6.45, 7) is 5.48. The van der Waals surface area contributed by atoms with E-state index in [1.807, 2.05) is 19.9 Å². The van der Waals surface area contributed by atoms with Gasteiger partial charge in [0.2, 0.25) is 0 Å². The van der Waals surface area contributed by atoms with Crippen LogP contribution in [0.4, 0.5) is 0 Å².